The average Bonchev–Trinajstić information content (AvgIpc) is 3.36. The van der Waals surface area contributed by atoms with Crippen LogP contribution >= 0.6 is 15.9 Å². The van der Waals surface area contributed by atoms with E-state index in [9.17, 15) is 14.4 Å². The van der Waals surface area contributed by atoms with Crippen LogP contribution in [0.4, 0.5) is 5.69 Å². The van der Waals surface area contributed by atoms with Gasteiger partial charge in [-0.05, 0) is 76.8 Å². The van der Waals surface area contributed by atoms with Gasteiger partial charge in [0.25, 0.3) is 0 Å². The smallest absolute Gasteiger partial charge is 0.240 e. The van der Waals surface area contributed by atoms with Crippen molar-refractivity contribution in [2.75, 3.05) is 12.0 Å². The van der Waals surface area contributed by atoms with Gasteiger partial charge < -0.3 is 9.64 Å². The minimum atomic E-state index is -0.813. The van der Waals surface area contributed by atoms with Crippen molar-refractivity contribution in [1.29, 1.82) is 0 Å². The zero-order valence-corrected chi connectivity index (χ0v) is 22.2. The third-order valence-corrected chi connectivity index (χ3v) is 8.38. The van der Waals surface area contributed by atoms with E-state index in [-0.39, 0.29) is 17.6 Å². The molecule has 0 saturated carbocycles. The average molecular weight is 557 g/mol. The number of Topliss-reactive ketones (excluding diaryl/α,β-unsaturated/α-hetero) is 1. The number of hydrogen-bond donors (Lipinski definition) is 0. The third kappa shape index (κ3) is 3.48. The van der Waals surface area contributed by atoms with E-state index in [2.05, 4.69) is 15.9 Å². The summed E-state index contributed by atoms with van der Waals surface area (Å²) in [5.41, 5.74) is 4.89. The van der Waals surface area contributed by atoms with Gasteiger partial charge >= 0.3 is 0 Å². The van der Waals surface area contributed by atoms with E-state index in [1.165, 1.54) is 4.90 Å². The maximum atomic E-state index is 14.1. The molecule has 3 aromatic carbocycles. The Morgan fingerprint density at radius 1 is 0.946 bits per heavy atom. The van der Waals surface area contributed by atoms with E-state index >= 15 is 0 Å². The Morgan fingerprint density at radius 3 is 2.43 bits per heavy atom. The molecule has 3 aromatic rings. The van der Waals surface area contributed by atoms with E-state index in [0.717, 1.165) is 22.3 Å². The van der Waals surface area contributed by atoms with Crippen LogP contribution in [0, 0.1) is 25.7 Å². The highest BCUT2D eigenvalue weighted by Gasteiger charge is 2.64. The van der Waals surface area contributed by atoms with Gasteiger partial charge in [0.1, 0.15) is 11.8 Å². The number of anilines is 1. The molecule has 4 atom stereocenters. The highest BCUT2D eigenvalue weighted by molar-refractivity contribution is 9.10. The molecule has 0 bridgehead atoms. The lowest BCUT2D eigenvalue weighted by Crippen LogP contribution is -2.44. The van der Waals surface area contributed by atoms with Crippen LogP contribution in [0.1, 0.15) is 38.7 Å². The second-order valence-electron chi connectivity index (χ2n) is 9.85. The normalized spacial score (nSPS) is 23.7. The topological polar surface area (TPSA) is 66.9 Å². The molecule has 0 spiro atoms. The number of ether oxygens (including phenoxy) is 1. The summed E-state index contributed by atoms with van der Waals surface area (Å²) in [6.45, 7) is 3.88. The fourth-order valence-corrected chi connectivity index (χ4v) is 6.68. The summed E-state index contributed by atoms with van der Waals surface area (Å²) >= 11 is 3.47. The molecule has 186 valence electrons. The Kier molecular flexibility index (Phi) is 5.57. The first-order valence-electron chi connectivity index (χ1n) is 12.2. The monoisotopic (exact) mass is 556 g/mol. The first-order valence-corrected chi connectivity index (χ1v) is 13.0. The number of fused-ring (bicyclic) bond motifs is 5. The predicted octanol–water partition coefficient (Wildman–Crippen LogP) is 5.47. The van der Waals surface area contributed by atoms with Gasteiger partial charge in [-0.3, -0.25) is 14.4 Å². The van der Waals surface area contributed by atoms with Crippen LogP contribution in [0.25, 0.3) is 6.08 Å². The number of benzene rings is 3. The van der Waals surface area contributed by atoms with Gasteiger partial charge in [-0.15, -0.1) is 0 Å². The minimum Gasteiger partial charge on any atom is -0.496 e. The second kappa shape index (κ2) is 8.70. The van der Waals surface area contributed by atoms with Crippen molar-refractivity contribution in [3.05, 3.63) is 99.2 Å². The summed E-state index contributed by atoms with van der Waals surface area (Å²) in [5, 5.41) is 0. The van der Waals surface area contributed by atoms with E-state index in [1.807, 2.05) is 73.5 Å². The number of aryl methyl sites for hydroxylation is 2. The number of rotatable bonds is 4. The van der Waals surface area contributed by atoms with E-state index < -0.39 is 23.9 Å². The summed E-state index contributed by atoms with van der Waals surface area (Å²) < 4.78 is 5.98. The van der Waals surface area contributed by atoms with Crippen molar-refractivity contribution in [1.82, 2.24) is 4.90 Å². The lowest BCUT2D eigenvalue weighted by Gasteiger charge is -2.35. The van der Waals surface area contributed by atoms with Crippen molar-refractivity contribution in [3.8, 4) is 5.75 Å². The molecule has 6 rings (SSSR count). The van der Waals surface area contributed by atoms with Crippen LogP contribution in [-0.2, 0) is 9.59 Å². The van der Waals surface area contributed by atoms with Gasteiger partial charge in [0.15, 0.2) is 5.78 Å². The number of amides is 2. The van der Waals surface area contributed by atoms with Crippen LogP contribution in [0.2, 0.25) is 0 Å². The Hall–Kier alpha value is -3.71. The van der Waals surface area contributed by atoms with Crippen LogP contribution in [0.3, 0.4) is 0 Å². The quantitative estimate of drug-likeness (QED) is 0.314. The van der Waals surface area contributed by atoms with Crippen LogP contribution in [0.15, 0.2) is 71.3 Å². The Labute approximate surface area is 223 Å². The molecule has 37 heavy (non-hydrogen) atoms. The lowest BCUT2D eigenvalue weighted by atomic mass is 9.83. The SMILES string of the molecule is COc1ccc(C(=O)[C@@H]2[C@@H]3C(=O)N(c4ccc(C)cc4C)C(=O)[C@H]3[C@H]3c4ccccc4C=CN23)cc1Br. The maximum absolute atomic E-state index is 14.1. The molecule has 3 heterocycles. The number of ketones is 1. The molecule has 2 amide bonds. The zero-order valence-electron chi connectivity index (χ0n) is 20.6. The summed E-state index contributed by atoms with van der Waals surface area (Å²) in [6, 6.07) is 17.5. The second-order valence-corrected chi connectivity index (χ2v) is 10.7. The predicted molar refractivity (Wildman–Crippen MR) is 144 cm³/mol. The molecule has 0 unspecified atom stereocenters. The minimum absolute atomic E-state index is 0.200. The lowest BCUT2D eigenvalue weighted by molar-refractivity contribution is -0.123. The van der Waals surface area contributed by atoms with Crippen molar-refractivity contribution in [2.24, 2.45) is 11.8 Å². The Bertz CT molecular complexity index is 1510. The molecular formula is C30H25BrN2O4. The third-order valence-electron chi connectivity index (χ3n) is 7.76. The molecule has 2 fully saturated rings. The van der Waals surface area contributed by atoms with Gasteiger partial charge in [0.05, 0.1) is 35.1 Å². The van der Waals surface area contributed by atoms with Gasteiger partial charge in [-0.25, -0.2) is 4.90 Å². The Balaban J connectivity index is 1.49. The van der Waals surface area contributed by atoms with E-state index in [0.29, 0.717) is 21.5 Å². The molecule has 0 radical (unpaired) electrons. The van der Waals surface area contributed by atoms with Gasteiger partial charge in [0, 0.05) is 11.8 Å². The van der Waals surface area contributed by atoms with Crippen LogP contribution in [-0.4, -0.2) is 35.6 Å². The van der Waals surface area contributed by atoms with Crippen molar-refractivity contribution in [3.63, 3.8) is 0 Å². The highest BCUT2D eigenvalue weighted by atomic mass is 79.9. The first kappa shape index (κ1) is 23.7. The van der Waals surface area contributed by atoms with Crippen molar-refractivity contribution in [2.45, 2.75) is 25.9 Å². The van der Waals surface area contributed by atoms with Crippen LogP contribution in [0.5, 0.6) is 5.75 Å². The molecule has 0 aliphatic carbocycles. The summed E-state index contributed by atoms with van der Waals surface area (Å²) in [5.74, 6) is -1.65. The zero-order chi connectivity index (χ0) is 26.0. The number of nitrogens with zero attached hydrogens (tertiary/aromatic N) is 2. The van der Waals surface area contributed by atoms with E-state index in [1.54, 1.807) is 25.3 Å². The summed E-state index contributed by atoms with van der Waals surface area (Å²) in [7, 11) is 1.56. The first-order chi connectivity index (χ1) is 17.8. The fourth-order valence-electron chi connectivity index (χ4n) is 6.14. The Morgan fingerprint density at radius 2 is 1.70 bits per heavy atom. The standard InChI is InChI=1S/C30H25BrN2O4/c1-16-8-10-22(17(2)14-16)33-29(35)24-25(30(33)36)27(28(34)19-9-11-23(37-3)21(31)15-19)32-13-12-18-6-4-5-7-20(18)26(24)32/h4-15,24-27H,1-3H3/t24-,25-,26-,27+/m1/s1. The molecule has 3 aliphatic heterocycles. The van der Waals surface area contributed by atoms with Crippen molar-refractivity contribution < 1.29 is 19.1 Å². The van der Waals surface area contributed by atoms with Gasteiger partial charge in [-0.1, -0.05) is 42.0 Å². The maximum Gasteiger partial charge on any atom is 0.240 e. The van der Waals surface area contributed by atoms with Gasteiger partial charge in [-0.2, -0.15) is 0 Å². The number of carbonyl (C=O) groups excluding carboxylic acids is 3. The fraction of sp³-hybridized carbons (Fsp3) is 0.233. The molecule has 0 aromatic heterocycles. The number of hydrogen-bond acceptors (Lipinski definition) is 5. The van der Waals surface area contributed by atoms with E-state index in [4.69, 9.17) is 4.74 Å². The number of carbonyl (C=O) groups is 3. The summed E-state index contributed by atoms with van der Waals surface area (Å²) in [4.78, 5) is 45.5. The van der Waals surface area contributed by atoms with Gasteiger partial charge in [0.2, 0.25) is 11.8 Å². The van der Waals surface area contributed by atoms with Crippen molar-refractivity contribution >= 4 is 45.3 Å². The molecule has 3 aliphatic rings. The molecule has 0 N–H and O–H groups in total. The number of halogens is 1. The number of imide groups is 1. The van der Waals surface area contributed by atoms with Crippen LogP contribution < -0.4 is 9.64 Å². The molecule has 6 nitrogen and oxygen atoms in total. The highest BCUT2D eigenvalue weighted by Crippen LogP contribution is 2.54. The molecule has 2 saturated heterocycles. The number of methoxy groups -OCH3 is 1. The molecule has 7 heteroatoms. The largest absolute Gasteiger partial charge is 0.496 e. The molecular weight excluding hydrogens is 532 g/mol. The summed E-state index contributed by atoms with van der Waals surface area (Å²) in [6.07, 6.45) is 3.82.